The highest BCUT2D eigenvalue weighted by Crippen LogP contribution is 2.27. The molecular formula is C11H15FN2O. The molecule has 4 heteroatoms. The van der Waals surface area contributed by atoms with E-state index in [1.54, 1.807) is 12.1 Å². The Hall–Kier alpha value is -1.71. The van der Waals surface area contributed by atoms with E-state index in [0.29, 0.717) is 17.9 Å². The molecule has 0 radical (unpaired) electrons. The molecule has 0 aliphatic carbocycles. The first-order chi connectivity index (χ1) is 7.19. The molecule has 0 amide bonds. The Morgan fingerprint density at radius 2 is 2.33 bits per heavy atom. The van der Waals surface area contributed by atoms with E-state index in [9.17, 15) is 4.39 Å². The highest BCUT2D eigenvalue weighted by molar-refractivity contribution is 5.68. The van der Waals surface area contributed by atoms with E-state index in [-0.39, 0.29) is 5.75 Å². The number of halogens is 1. The number of hydrogen-bond acceptors (Lipinski definition) is 3. The number of nitrogens with one attached hydrogen (secondary N) is 1. The third kappa shape index (κ3) is 2.87. The van der Waals surface area contributed by atoms with Gasteiger partial charge in [-0.3, -0.25) is 0 Å². The number of benzene rings is 1. The summed E-state index contributed by atoms with van der Waals surface area (Å²) in [6, 6.07) is 2.79. The van der Waals surface area contributed by atoms with Gasteiger partial charge in [-0.15, -0.1) is 6.58 Å². The van der Waals surface area contributed by atoms with Gasteiger partial charge in [0.15, 0.2) is 11.6 Å². The van der Waals surface area contributed by atoms with E-state index in [1.165, 1.54) is 13.2 Å². The van der Waals surface area contributed by atoms with Gasteiger partial charge in [0.05, 0.1) is 18.5 Å². The monoisotopic (exact) mass is 210 g/mol. The summed E-state index contributed by atoms with van der Waals surface area (Å²) >= 11 is 0. The maximum atomic E-state index is 13.2. The molecule has 0 aliphatic heterocycles. The third-order valence-corrected chi connectivity index (χ3v) is 1.99. The Kier molecular flexibility index (Phi) is 3.97. The molecule has 0 atom stereocenters. The highest BCUT2D eigenvalue weighted by Gasteiger charge is 2.07. The predicted molar refractivity (Wildman–Crippen MR) is 60.7 cm³/mol. The lowest BCUT2D eigenvalue weighted by Gasteiger charge is -2.10. The summed E-state index contributed by atoms with van der Waals surface area (Å²) in [5.41, 5.74) is 6.69. The summed E-state index contributed by atoms with van der Waals surface area (Å²) in [6.45, 7) is 4.32. The van der Waals surface area contributed by atoms with Crippen molar-refractivity contribution in [3.05, 3.63) is 30.6 Å². The van der Waals surface area contributed by atoms with Gasteiger partial charge in [-0.2, -0.15) is 0 Å². The van der Waals surface area contributed by atoms with Gasteiger partial charge in [-0.25, -0.2) is 4.39 Å². The van der Waals surface area contributed by atoms with Crippen molar-refractivity contribution in [3.63, 3.8) is 0 Å². The lowest BCUT2D eigenvalue weighted by Crippen LogP contribution is -2.04. The molecule has 0 heterocycles. The second kappa shape index (κ2) is 5.24. The standard InChI is InChI=1S/C11H15FN2O/c1-3-4-5-14-10-7-11(15-2)8(12)6-9(10)13/h3,6-7,14H,1,4-5,13H2,2H3. The number of nitrogen functional groups attached to an aromatic ring is 1. The first kappa shape index (κ1) is 11.4. The van der Waals surface area contributed by atoms with Gasteiger partial charge in [-0.1, -0.05) is 6.08 Å². The molecule has 82 valence electrons. The van der Waals surface area contributed by atoms with E-state index >= 15 is 0 Å². The molecule has 0 spiro atoms. The van der Waals surface area contributed by atoms with Crippen LogP contribution < -0.4 is 15.8 Å². The first-order valence-corrected chi connectivity index (χ1v) is 4.66. The van der Waals surface area contributed by atoms with Gasteiger partial charge in [-0.05, 0) is 6.42 Å². The van der Waals surface area contributed by atoms with Crippen LogP contribution in [0.15, 0.2) is 24.8 Å². The van der Waals surface area contributed by atoms with Crippen molar-refractivity contribution in [1.82, 2.24) is 0 Å². The number of anilines is 2. The van der Waals surface area contributed by atoms with Crippen LogP contribution in [0.4, 0.5) is 15.8 Å². The van der Waals surface area contributed by atoms with Crippen LogP contribution in [-0.2, 0) is 0 Å². The van der Waals surface area contributed by atoms with Crippen LogP contribution in [0.5, 0.6) is 5.75 Å². The largest absolute Gasteiger partial charge is 0.494 e. The third-order valence-electron chi connectivity index (χ3n) is 1.99. The Morgan fingerprint density at radius 3 is 2.93 bits per heavy atom. The molecule has 0 bridgehead atoms. The number of methoxy groups -OCH3 is 1. The van der Waals surface area contributed by atoms with E-state index in [4.69, 9.17) is 10.5 Å². The molecule has 3 nitrogen and oxygen atoms in total. The average Bonchev–Trinajstić information content (AvgIpc) is 2.21. The van der Waals surface area contributed by atoms with Crippen LogP contribution >= 0.6 is 0 Å². The Labute approximate surface area is 88.7 Å². The second-order valence-electron chi connectivity index (χ2n) is 3.08. The molecule has 15 heavy (non-hydrogen) atoms. The molecule has 0 fully saturated rings. The maximum Gasteiger partial charge on any atom is 0.167 e. The molecular weight excluding hydrogens is 195 g/mol. The summed E-state index contributed by atoms with van der Waals surface area (Å²) in [5, 5.41) is 3.07. The first-order valence-electron chi connectivity index (χ1n) is 4.66. The van der Waals surface area contributed by atoms with Crippen LogP contribution in [0.1, 0.15) is 6.42 Å². The van der Waals surface area contributed by atoms with Gasteiger partial charge in [0.2, 0.25) is 0 Å². The average molecular weight is 210 g/mol. The van der Waals surface area contributed by atoms with Crippen molar-refractivity contribution in [2.75, 3.05) is 24.7 Å². The van der Waals surface area contributed by atoms with Crippen LogP contribution in [0.25, 0.3) is 0 Å². The van der Waals surface area contributed by atoms with Gasteiger partial charge in [0, 0.05) is 18.7 Å². The lowest BCUT2D eigenvalue weighted by atomic mass is 10.2. The zero-order valence-electron chi connectivity index (χ0n) is 8.72. The summed E-state index contributed by atoms with van der Waals surface area (Å²) in [7, 11) is 1.42. The Morgan fingerprint density at radius 1 is 1.60 bits per heavy atom. The van der Waals surface area contributed by atoms with Crippen molar-refractivity contribution in [1.29, 1.82) is 0 Å². The molecule has 1 aromatic rings. The van der Waals surface area contributed by atoms with Gasteiger partial charge in [0.25, 0.3) is 0 Å². The lowest BCUT2D eigenvalue weighted by molar-refractivity contribution is 0.387. The predicted octanol–water partition coefficient (Wildman–Crippen LogP) is 2.40. The zero-order chi connectivity index (χ0) is 11.3. The SMILES string of the molecule is C=CCCNc1cc(OC)c(F)cc1N. The summed E-state index contributed by atoms with van der Waals surface area (Å²) in [6.07, 6.45) is 2.61. The topological polar surface area (TPSA) is 47.3 Å². The minimum atomic E-state index is -0.454. The molecule has 0 unspecified atom stereocenters. The van der Waals surface area contributed by atoms with Gasteiger partial charge < -0.3 is 15.8 Å². The van der Waals surface area contributed by atoms with Crippen LogP contribution in [0, 0.1) is 5.82 Å². The van der Waals surface area contributed by atoms with Crippen molar-refractivity contribution < 1.29 is 9.13 Å². The number of rotatable bonds is 5. The van der Waals surface area contributed by atoms with E-state index < -0.39 is 5.82 Å². The van der Waals surface area contributed by atoms with Crippen molar-refractivity contribution >= 4 is 11.4 Å². The number of nitrogens with two attached hydrogens (primary N) is 1. The molecule has 0 saturated heterocycles. The number of ether oxygens (including phenoxy) is 1. The molecule has 3 N–H and O–H groups in total. The zero-order valence-corrected chi connectivity index (χ0v) is 8.72. The van der Waals surface area contributed by atoms with Crippen molar-refractivity contribution in [2.45, 2.75) is 6.42 Å². The summed E-state index contributed by atoms with van der Waals surface area (Å²) in [4.78, 5) is 0. The second-order valence-corrected chi connectivity index (χ2v) is 3.08. The van der Waals surface area contributed by atoms with E-state index in [2.05, 4.69) is 11.9 Å². The fourth-order valence-corrected chi connectivity index (χ4v) is 1.19. The fraction of sp³-hybridized carbons (Fsp3) is 0.273. The van der Waals surface area contributed by atoms with Gasteiger partial charge in [0.1, 0.15) is 0 Å². The van der Waals surface area contributed by atoms with Crippen LogP contribution in [-0.4, -0.2) is 13.7 Å². The number of hydrogen-bond donors (Lipinski definition) is 2. The van der Waals surface area contributed by atoms with E-state index in [0.717, 1.165) is 6.42 Å². The Balaban J connectivity index is 2.82. The highest BCUT2D eigenvalue weighted by atomic mass is 19.1. The molecule has 1 rings (SSSR count). The maximum absolute atomic E-state index is 13.2. The summed E-state index contributed by atoms with van der Waals surface area (Å²) < 4.78 is 18.0. The molecule has 1 aromatic carbocycles. The minimum absolute atomic E-state index is 0.185. The smallest absolute Gasteiger partial charge is 0.167 e. The molecule has 0 aromatic heterocycles. The Bertz CT molecular complexity index is 353. The quantitative estimate of drug-likeness (QED) is 0.445. The van der Waals surface area contributed by atoms with E-state index in [1.807, 2.05) is 0 Å². The molecule has 0 saturated carbocycles. The van der Waals surface area contributed by atoms with Crippen LogP contribution in [0.2, 0.25) is 0 Å². The molecule has 0 aliphatic rings. The van der Waals surface area contributed by atoms with Gasteiger partial charge >= 0.3 is 0 Å². The normalized spacial score (nSPS) is 9.73. The fourth-order valence-electron chi connectivity index (χ4n) is 1.19. The summed E-state index contributed by atoms with van der Waals surface area (Å²) in [5.74, 6) is -0.269. The minimum Gasteiger partial charge on any atom is -0.494 e. The van der Waals surface area contributed by atoms with Crippen LogP contribution in [0.3, 0.4) is 0 Å². The van der Waals surface area contributed by atoms with Crippen molar-refractivity contribution in [2.24, 2.45) is 0 Å². The van der Waals surface area contributed by atoms with Crippen molar-refractivity contribution in [3.8, 4) is 5.75 Å².